The second-order valence-electron chi connectivity index (χ2n) is 7.29. The highest BCUT2D eigenvalue weighted by Gasteiger charge is 2.29. The minimum absolute atomic E-state index is 0.00335. The molecule has 4 rings (SSSR count). The Hall–Kier alpha value is -2.53. The van der Waals surface area contributed by atoms with E-state index in [1.54, 1.807) is 19.1 Å². The van der Waals surface area contributed by atoms with Crippen molar-refractivity contribution in [3.8, 4) is 5.75 Å². The molecule has 1 saturated heterocycles. The molecule has 2 aromatic carbocycles. The second kappa shape index (κ2) is 7.84. The molecule has 1 aliphatic rings. The number of nitrogens with zero attached hydrogens (tertiary/aromatic N) is 2. The van der Waals surface area contributed by atoms with E-state index in [2.05, 4.69) is 4.98 Å². The number of aromatic nitrogens is 1. The lowest BCUT2D eigenvalue weighted by molar-refractivity contribution is -0.139. The number of hydrogen-bond acceptors (Lipinski definition) is 4. The lowest BCUT2D eigenvalue weighted by atomic mass is 9.96. The molecule has 0 radical (unpaired) electrons. The van der Waals surface area contributed by atoms with Gasteiger partial charge in [0.15, 0.2) is 17.6 Å². The maximum Gasteiger partial charge on any atom is 0.263 e. The van der Waals surface area contributed by atoms with Crippen LogP contribution in [0.25, 0.3) is 11.1 Å². The van der Waals surface area contributed by atoms with E-state index in [0.717, 1.165) is 35.4 Å². The van der Waals surface area contributed by atoms with Gasteiger partial charge in [-0.15, -0.1) is 0 Å². The lowest BCUT2D eigenvalue weighted by Gasteiger charge is -2.32. The molecule has 0 spiro atoms. The Morgan fingerprint density at radius 2 is 2.00 bits per heavy atom. The first-order valence-electron chi connectivity index (χ1n) is 9.58. The molecule has 1 aromatic heterocycles. The van der Waals surface area contributed by atoms with E-state index in [9.17, 15) is 4.79 Å². The lowest BCUT2D eigenvalue weighted by Crippen LogP contribution is -2.44. The summed E-state index contributed by atoms with van der Waals surface area (Å²) in [7, 11) is 0. The van der Waals surface area contributed by atoms with Crippen LogP contribution < -0.4 is 4.74 Å². The van der Waals surface area contributed by atoms with Crippen LogP contribution in [0.1, 0.15) is 37.1 Å². The van der Waals surface area contributed by atoms with Crippen molar-refractivity contribution in [2.45, 2.75) is 38.7 Å². The van der Waals surface area contributed by atoms with Gasteiger partial charge in [0, 0.05) is 24.0 Å². The summed E-state index contributed by atoms with van der Waals surface area (Å²) < 4.78 is 11.7. The Bertz CT molecular complexity index is 959. The van der Waals surface area contributed by atoms with Crippen molar-refractivity contribution in [2.24, 2.45) is 0 Å². The van der Waals surface area contributed by atoms with Gasteiger partial charge in [-0.2, -0.15) is 0 Å². The van der Waals surface area contributed by atoms with Gasteiger partial charge >= 0.3 is 0 Å². The predicted molar refractivity (Wildman–Crippen MR) is 109 cm³/mol. The molecule has 0 saturated carbocycles. The van der Waals surface area contributed by atoms with Crippen LogP contribution in [-0.4, -0.2) is 35.0 Å². The highest BCUT2D eigenvalue weighted by molar-refractivity contribution is 6.31. The van der Waals surface area contributed by atoms with Crippen molar-refractivity contribution in [2.75, 3.05) is 13.1 Å². The number of carbonyl (C=O) groups is 1. The molecule has 146 valence electrons. The summed E-state index contributed by atoms with van der Waals surface area (Å²) in [6.07, 6.45) is 1.14. The van der Waals surface area contributed by atoms with Crippen LogP contribution in [0, 0.1) is 6.92 Å². The van der Waals surface area contributed by atoms with Crippen LogP contribution in [0.4, 0.5) is 0 Å². The molecule has 0 N–H and O–H groups in total. The van der Waals surface area contributed by atoms with Crippen molar-refractivity contribution in [1.29, 1.82) is 0 Å². The largest absolute Gasteiger partial charge is 0.481 e. The molecule has 5 nitrogen and oxygen atoms in total. The third-order valence-corrected chi connectivity index (χ3v) is 5.68. The van der Waals surface area contributed by atoms with E-state index < -0.39 is 6.10 Å². The van der Waals surface area contributed by atoms with Gasteiger partial charge in [0.25, 0.3) is 5.91 Å². The Morgan fingerprint density at radius 3 is 2.71 bits per heavy atom. The van der Waals surface area contributed by atoms with Crippen molar-refractivity contribution >= 4 is 28.6 Å². The van der Waals surface area contributed by atoms with E-state index in [1.807, 2.05) is 42.2 Å². The Kier molecular flexibility index (Phi) is 5.27. The molecule has 0 unspecified atom stereocenters. The van der Waals surface area contributed by atoms with Gasteiger partial charge in [-0.05, 0) is 62.6 Å². The molecule has 3 aromatic rings. The van der Waals surface area contributed by atoms with Crippen molar-refractivity contribution < 1.29 is 13.9 Å². The topological polar surface area (TPSA) is 55.6 Å². The molecule has 1 amide bonds. The summed E-state index contributed by atoms with van der Waals surface area (Å²) in [5.41, 5.74) is 2.63. The first-order chi connectivity index (χ1) is 13.5. The van der Waals surface area contributed by atoms with Gasteiger partial charge in [0.1, 0.15) is 11.3 Å². The third kappa shape index (κ3) is 3.85. The number of rotatable bonds is 4. The first-order valence-corrected chi connectivity index (χ1v) is 9.96. The summed E-state index contributed by atoms with van der Waals surface area (Å²) in [5.74, 6) is 1.67. The standard InChI is InChI=1S/C22H23ClN2O3/c1-14-13-17(7-8-18(14)23)27-15(2)22(26)25-11-9-16(10-12-25)21-24-19-5-3-4-6-20(19)28-21/h3-8,13,15-16H,9-12H2,1-2H3/t15-/m1/s1. The Morgan fingerprint density at radius 1 is 1.25 bits per heavy atom. The Balaban J connectivity index is 1.35. The molecule has 1 aliphatic heterocycles. The second-order valence-corrected chi connectivity index (χ2v) is 7.70. The third-order valence-electron chi connectivity index (χ3n) is 5.26. The monoisotopic (exact) mass is 398 g/mol. The smallest absolute Gasteiger partial charge is 0.263 e. The zero-order valence-electron chi connectivity index (χ0n) is 16.0. The fourth-order valence-electron chi connectivity index (χ4n) is 3.61. The van der Waals surface area contributed by atoms with Crippen molar-refractivity contribution in [1.82, 2.24) is 9.88 Å². The molecule has 0 aliphatic carbocycles. The van der Waals surface area contributed by atoms with Gasteiger partial charge in [0.05, 0.1) is 0 Å². The highest BCUT2D eigenvalue weighted by Crippen LogP contribution is 2.30. The fourth-order valence-corrected chi connectivity index (χ4v) is 3.73. The minimum atomic E-state index is -0.540. The van der Waals surface area contributed by atoms with Crippen LogP contribution in [0.15, 0.2) is 46.9 Å². The number of benzene rings is 2. The predicted octanol–water partition coefficient (Wildman–Crippen LogP) is 4.96. The molecular weight excluding hydrogens is 376 g/mol. The highest BCUT2D eigenvalue weighted by atomic mass is 35.5. The summed E-state index contributed by atoms with van der Waals surface area (Å²) in [5, 5.41) is 0.688. The van der Waals surface area contributed by atoms with Crippen LogP contribution in [-0.2, 0) is 4.79 Å². The maximum absolute atomic E-state index is 12.8. The van der Waals surface area contributed by atoms with Gasteiger partial charge in [-0.3, -0.25) is 4.79 Å². The molecule has 28 heavy (non-hydrogen) atoms. The van der Waals surface area contributed by atoms with Gasteiger partial charge < -0.3 is 14.1 Å². The van der Waals surface area contributed by atoms with E-state index in [0.29, 0.717) is 23.9 Å². The summed E-state index contributed by atoms with van der Waals surface area (Å²) >= 11 is 6.05. The van der Waals surface area contributed by atoms with Gasteiger partial charge in [-0.1, -0.05) is 23.7 Å². The number of oxazole rings is 1. The molecule has 0 bridgehead atoms. The van der Waals surface area contributed by atoms with E-state index in [1.165, 1.54) is 0 Å². The normalized spacial score (nSPS) is 16.3. The number of carbonyl (C=O) groups excluding carboxylic acids is 1. The average Bonchev–Trinajstić information content (AvgIpc) is 3.14. The number of fused-ring (bicyclic) bond motifs is 1. The zero-order chi connectivity index (χ0) is 19.7. The SMILES string of the molecule is Cc1cc(O[C@H](C)C(=O)N2CCC(c3nc4ccccc4o3)CC2)ccc1Cl. The van der Waals surface area contributed by atoms with Crippen molar-refractivity contribution in [3.05, 3.63) is 58.9 Å². The van der Waals surface area contributed by atoms with Gasteiger partial charge in [0.2, 0.25) is 0 Å². The van der Waals surface area contributed by atoms with Crippen LogP contribution >= 0.6 is 11.6 Å². The van der Waals surface area contributed by atoms with Crippen LogP contribution in [0.5, 0.6) is 5.75 Å². The quantitative estimate of drug-likeness (QED) is 0.623. The molecule has 2 heterocycles. The maximum atomic E-state index is 12.8. The Labute approximate surface area is 169 Å². The summed E-state index contributed by atoms with van der Waals surface area (Å²) in [4.78, 5) is 19.2. The number of likely N-dealkylation sites (tertiary alicyclic amines) is 1. The summed E-state index contributed by atoms with van der Waals surface area (Å²) in [6.45, 7) is 5.06. The fraction of sp³-hybridized carbons (Fsp3) is 0.364. The average molecular weight is 399 g/mol. The molecular formula is C22H23ClN2O3. The van der Waals surface area contributed by atoms with Crippen LogP contribution in [0.2, 0.25) is 5.02 Å². The number of halogens is 1. The number of hydrogen-bond donors (Lipinski definition) is 0. The number of para-hydroxylation sites is 2. The first kappa shape index (κ1) is 18.8. The van der Waals surface area contributed by atoms with E-state index >= 15 is 0 Å². The van der Waals surface area contributed by atoms with Crippen LogP contribution in [0.3, 0.4) is 0 Å². The number of ether oxygens (including phenoxy) is 1. The van der Waals surface area contributed by atoms with Gasteiger partial charge in [-0.25, -0.2) is 4.98 Å². The molecule has 1 fully saturated rings. The van der Waals surface area contributed by atoms with Crippen molar-refractivity contribution in [3.63, 3.8) is 0 Å². The van der Waals surface area contributed by atoms with E-state index in [4.69, 9.17) is 20.8 Å². The van der Waals surface area contributed by atoms with E-state index in [-0.39, 0.29) is 11.8 Å². The minimum Gasteiger partial charge on any atom is -0.481 e. The molecule has 6 heteroatoms. The number of piperidine rings is 1. The zero-order valence-corrected chi connectivity index (χ0v) is 16.8. The summed E-state index contributed by atoms with van der Waals surface area (Å²) in [6, 6.07) is 13.2. The number of aryl methyl sites for hydroxylation is 1. The number of amides is 1. The molecule has 1 atom stereocenters.